The fourth-order valence-corrected chi connectivity index (χ4v) is 7.34. The van der Waals surface area contributed by atoms with Crippen molar-refractivity contribution in [3.63, 3.8) is 0 Å². The third-order valence-corrected chi connectivity index (χ3v) is 8.87. The van der Waals surface area contributed by atoms with Crippen LogP contribution in [-0.2, 0) is 14.3 Å². The minimum absolute atomic E-state index is 0.0829. The molecule has 4 rings (SSSR count). The van der Waals surface area contributed by atoms with Crippen molar-refractivity contribution in [2.45, 2.75) is 84.3 Å². The summed E-state index contributed by atoms with van der Waals surface area (Å²) in [5.41, 5.74) is 0.0556. The second kappa shape index (κ2) is 6.41. The quantitative estimate of drug-likeness (QED) is 0.834. The van der Waals surface area contributed by atoms with Crippen LogP contribution in [0.25, 0.3) is 0 Å². The van der Waals surface area contributed by atoms with Gasteiger partial charge in [-0.25, -0.2) is 0 Å². The van der Waals surface area contributed by atoms with E-state index in [9.17, 15) is 14.7 Å². The van der Waals surface area contributed by atoms with Gasteiger partial charge >= 0.3 is 0 Å². The highest BCUT2D eigenvalue weighted by Crippen LogP contribution is 2.65. The third kappa shape index (κ3) is 2.71. The highest BCUT2D eigenvalue weighted by atomic mass is 16.5. The lowest BCUT2D eigenvalue weighted by Crippen LogP contribution is -2.58. The zero-order chi connectivity index (χ0) is 18.7. The number of Topliss-reactive ketones (excluding diaryl/α,β-unsaturated/α-hetero) is 2. The zero-order valence-electron chi connectivity index (χ0n) is 16.5. The molecule has 0 saturated heterocycles. The molecule has 146 valence electrons. The van der Waals surface area contributed by atoms with E-state index in [0.717, 1.165) is 44.9 Å². The number of ketones is 2. The summed E-state index contributed by atoms with van der Waals surface area (Å²) in [5.74, 6) is 2.16. The van der Waals surface area contributed by atoms with E-state index in [2.05, 4.69) is 13.8 Å². The molecule has 5 unspecified atom stereocenters. The van der Waals surface area contributed by atoms with Crippen molar-refractivity contribution in [1.82, 2.24) is 0 Å². The molecular formula is C22H34O4. The molecule has 0 aliphatic heterocycles. The number of carbonyl (C=O) groups is 2. The van der Waals surface area contributed by atoms with Gasteiger partial charge in [0, 0.05) is 11.8 Å². The lowest BCUT2D eigenvalue weighted by Gasteiger charge is -2.61. The van der Waals surface area contributed by atoms with Gasteiger partial charge in [0.05, 0.1) is 12.2 Å². The van der Waals surface area contributed by atoms with Crippen molar-refractivity contribution in [2.75, 3.05) is 6.61 Å². The summed E-state index contributed by atoms with van der Waals surface area (Å²) in [6, 6.07) is 0. The maximum atomic E-state index is 12.5. The van der Waals surface area contributed by atoms with E-state index in [1.807, 2.05) is 0 Å². The van der Waals surface area contributed by atoms with Gasteiger partial charge in [-0.2, -0.15) is 0 Å². The Morgan fingerprint density at radius 2 is 1.92 bits per heavy atom. The Hall–Kier alpha value is -0.740. The molecule has 4 heteroatoms. The average molecular weight is 363 g/mol. The van der Waals surface area contributed by atoms with Crippen LogP contribution in [0.15, 0.2) is 0 Å². The Morgan fingerprint density at radius 1 is 1.15 bits per heavy atom. The van der Waals surface area contributed by atoms with Crippen LogP contribution in [0.1, 0.15) is 72.1 Å². The van der Waals surface area contributed by atoms with Crippen LogP contribution in [0.5, 0.6) is 0 Å². The summed E-state index contributed by atoms with van der Waals surface area (Å²) in [4.78, 5) is 23.8. The molecule has 4 nitrogen and oxygen atoms in total. The maximum absolute atomic E-state index is 12.5. The van der Waals surface area contributed by atoms with Crippen LogP contribution < -0.4 is 0 Å². The molecule has 4 aliphatic carbocycles. The van der Waals surface area contributed by atoms with Crippen molar-refractivity contribution in [3.8, 4) is 0 Å². The van der Waals surface area contributed by atoms with E-state index in [4.69, 9.17) is 4.74 Å². The first kappa shape index (κ1) is 18.6. The molecule has 0 amide bonds. The lowest BCUT2D eigenvalue weighted by molar-refractivity contribution is -0.175. The van der Waals surface area contributed by atoms with Crippen LogP contribution in [0.4, 0.5) is 0 Å². The molecule has 1 N–H and O–H groups in total. The largest absolute Gasteiger partial charge is 0.393 e. The van der Waals surface area contributed by atoms with Gasteiger partial charge in [0.1, 0.15) is 12.4 Å². The van der Waals surface area contributed by atoms with E-state index >= 15 is 0 Å². The molecule has 4 aliphatic rings. The minimum Gasteiger partial charge on any atom is -0.393 e. The topological polar surface area (TPSA) is 63.6 Å². The summed E-state index contributed by atoms with van der Waals surface area (Å²) >= 11 is 0. The molecule has 0 aromatic heterocycles. The monoisotopic (exact) mass is 362 g/mol. The number of ether oxygens (including phenoxy) is 1. The van der Waals surface area contributed by atoms with Gasteiger partial charge < -0.3 is 9.84 Å². The number of carbonyl (C=O) groups excluding carboxylic acids is 2. The zero-order valence-corrected chi connectivity index (χ0v) is 16.5. The number of fused-ring (bicyclic) bond motifs is 5. The van der Waals surface area contributed by atoms with Crippen molar-refractivity contribution >= 4 is 11.6 Å². The van der Waals surface area contributed by atoms with Crippen molar-refractivity contribution in [3.05, 3.63) is 0 Å². The number of aliphatic hydroxyl groups is 1. The molecule has 0 bridgehead atoms. The van der Waals surface area contributed by atoms with Crippen LogP contribution in [0.3, 0.4) is 0 Å². The van der Waals surface area contributed by atoms with Gasteiger partial charge in [0.15, 0.2) is 5.78 Å². The Morgan fingerprint density at radius 3 is 2.65 bits per heavy atom. The third-order valence-electron chi connectivity index (χ3n) is 8.87. The van der Waals surface area contributed by atoms with Crippen molar-refractivity contribution in [1.29, 1.82) is 0 Å². The van der Waals surface area contributed by atoms with Crippen LogP contribution in [-0.4, -0.2) is 35.5 Å². The number of rotatable bonds is 3. The Kier molecular flexibility index (Phi) is 4.59. The highest BCUT2D eigenvalue weighted by Gasteiger charge is 2.62. The highest BCUT2D eigenvalue weighted by molar-refractivity contribution is 5.87. The molecule has 26 heavy (non-hydrogen) atoms. The van der Waals surface area contributed by atoms with Gasteiger partial charge in [-0.1, -0.05) is 13.8 Å². The molecule has 8 atom stereocenters. The molecular weight excluding hydrogens is 328 g/mol. The van der Waals surface area contributed by atoms with Crippen LogP contribution >= 0.6 is 0 Å². The van der Waals surface area contributed by atoms with Crippen LogP contribution in [0.2, 0.25) is 0 Å². The summed E-state index contributed by atoms with van der Waals surface area (Å²) in [5, 5.41) is 11.1. The lowest BCUT2D eigenvalue weighted by atomic mass is 9.44. The van der Waals surface area contributed by atoms with Crippen molar-refractivity contribution in [2.24, 2.45) is 34.5 Å². The fraction of sp³-hybridized carbons (Fsp3) is 0.909. The predicted molar refractivity (Wildman–Crippen MR) is 98.5 cm³/mol. The molecule has 0 spiro atoms. The second-order valence-electron chi connectivity index (χ2n) is 10.1. The molecule has 4 fully saturated rings. The molecule has 4 saturated carbocycles. The molecule has 0 radical (unpaired) electrons. The van der Waals surface area contributed by atoms with E-state index < -0.39 is 0 Å². The Labute approximate surface area is 157 Å². The fourth-order valence-electron chi connectivity index (χ4n) is 7.34. The van der Waals surface area contributed by atoms with Gasteiger partial charge in [-0.3, -0.25) is 9.59 Å². The summed E-state index contributed by atoms with van der Waals surface area (Å²) in [6.45, 7) is 6.38. The number of aliphatic hydroxyl groups excluding tert-OH is 1. The Balaban J connectivity index is 1.54. The number of hydrogen-bond acceptors (Lipinski definition) is 4. The van der Waals surface area contributed by atoms with Gasteiger partial charge in [-0.15, -0.1) is 0 Å². The van der Waals surface area contributed by atoms with E-state index in [-0.39, 0.29) is 41.3 Å². The second-order valence-corrected chi connectivity index (χ2v) is 10.1. The van der Waals surface area contributed by atoms with Crippen LogP contribution in [0, 0.1) is 34.5 Å². The SMILES string of the molecule is CC(=O)CO[C@H]1CC[C@@]2(C)C(C1)C[C@H](O)C1C3CCC(=O)C3(C)CCC12. The van der Waals surface area contributed by atoms with Gasteiger partial charge in [0.25, 0.3) is 0 Å². The summed E-state index contributed by atoms with van der Waals surface area (Å²) in [7, 11) is 0. The first-order valence-electron chi connectivity index (χ1n) is 10.6. The summed E-state index contributed by atoms with van der Waals surface area (Å²) in [6.07, 6.45) is 7.54. The van der Waals surface area contributed by atoms with Gasteiger partial charge in [-0.05, 0) is 81.0 Å². The standard InChI is InChI=1S/C22H34O4/c1-13(23)12-26-15-6-8-21(2)14(10-15)11-18(24)20-16-4-5-19(25)22(16,3)9-7-17(20)21/h14-18,20,24H,4-12H2,1-3H3/t14?,15-,16?,17?,18-,20?,21-,22?/m0/s1. The van der Waals surface area contributed by atoms with E-state index in [1.165, 1.54) is 0 Å². The molecule has 0 aromatic rings. The predicted octanol–water partition coefficient (Wildman–Crippen LogP) is 3.54. The molecule has 0 aromatic carbocycles. The average Bonchev–Trinajstić information content (AvgIpc) is 2.89. The van der Waals surface area contributed by atoms with Crippen molar-refractivity contribution < 1.29 is 19.4 Å². The smallest absolute Gasteiger partial charge is 0.155 e. The normalized spacial score (nSPS) is 50.7. The first-order valence-corrected chi connectivity index (χ1v) is 10.6. The maximum Gasteiger partial charge on any atom is 0.155 e. The van der Waals surface area contributed by atoms with E-state index in [1.54, 1.807) is 6.92 Å². The van der Waals surface area contributed by atoms with E-state index in [0.29, 0.717) is 30.0 Å². The minimum atomic E-state index is -0.292. The summed E-state index contributed by atoms with van der Waals surface area (Å²) < 4.78 is 5.83. The van der Waals surface area contributed by atoms with Gasteiger partial charge in [0.2, 0.25) is 0 Å². The Bertz CT molecular complexity index is 601. The number of hydrogen-bond donors (Lipinski definition) is 1. The molecule has 0 heterocycles. The first-order chi connectivity index (χ1) is 12.3.